The summed E-state index contributed by atoms with van der Waals surface area (Å²) in [6, 6.07) is 1.89. The number of hydrazine groups is 1. The minimum atomic E-state index is -0.206. The van der Waals surface area contributed by atoms with Gasteiger partial charge >= 0.3 is 0 Å². The molecule has 0 saturated heterocycles. The number of nitrogens with two attached hydrogens (primary N) is 1. The third-order valence-electron chi connectivity index (χ3n) is 3.60. The lowest BCUT2D eigenvalue weighted by Gasteiger charge is -2.46. The van der Waals surface area contributed by atoms with Gasteiger partial charge in [-0.3, -0.25) is 16.3 Å². The number of nitrogens with zero attached hydrogens (tertiary/aromatic N) is 1. The van der Waals surface area contributed by atoms with Crippen molar-refractivity contribution in [2.75, 3.05) is 14.2 Å². The van der Waals surface area contributed by atoms with Crippen molar-refractivity contribution in [2.45, 2.75) is 30.9 Å². The molecule has 2 rings (SSSR count). The van der Waals surface area contributed by atoms with Crippen molar-refractivity contribution in [3.05, 3.63) is 24.0 Å². The van der Waals surface area contributed by atoms with Gasteiger partial charge in [0.15, 0.2) is 0 Å². The van der Waals surface area contributed by atoms with E-state index >= 15 is 0 Å². The molecular formula is C12H19N3O2. The van der Waals surface area contributed by atoms with Gasteiger partial charge in [0.2, 0.25) is 0 Å². The Balaban J connectivity index is 2.28. The van der Waals surface area contributed by atoms with Gasteiger partial charge in [-0.05, 0) is 30.9 Å². The Morgan fingerprint density at radius 3 is 2.65 bits per heavy atom. The number of nitrogens with one attached hydrogen (secondary N) is 1. The maximum Gasteiger partial charge on any atom is 0.137 e. The SMILES string of the molecule is COc1cncc(C(NN)C2(OC)CCC2)c1. The van der Waals surface area contributed by atoms with Gasteiger partial charge < -0.3 is 9.47 Å². The van der Waals surface area contributed by atoms with E-state index in [0.717, 1.165) is 24.2 Å². The van der Waals surface area contributed by atoms with E-state index in [2.05, 4.69) is 10.4 Å². The lowest BCUT2D eigenvalue weighted by molar-refractivity contribution is -0.0999. The lowest BCUT2D eigenvalue weighted by Crippen LogP contribution is -2.52. The summed E-state index contributed by atoms with van der Waals surface area (Å²) in [6.45, 7) is 0. The standard InChI is InChI=1S/C12H19N3O2/c1-16-10-6-9(7-14-8-10)11(15-13)12(17-2)4-3-5-12/h6-8,11,15H,3-5,13H2,1-2H3. The second-order valence-corrected chi connectivity index (χ2v) is 4.38. The van der Waals surface area contributed by atoms with Gasteiger partial charge in [-0.2, -0.15) is 0 Å². The minimum absolute atomic E-state index is 0.0520. The first-order valence-electron chi connectivity index (χ1n) is 5.76. The van der Waals surface area contributed by atoms with Gasteiger partial charge in [0.1, 0.15) is 5.75 Å². The van der Waals surface area contributed by atoms with Gasteiger partial charge in [0.25, 0.3) is 0 Å². The fourth-order valence-electron chi connectivity index (χ4n) is 2.39. The molecule has 1 unspecified atom stereocenters. The molecule has 1 saturated carbocycles. The molecule has 0 radical (unpaired) electrons. The van der Waals surface area contributed by atoms with Crippen LogP contribution < -0.4 is 16.0 Å². The van der Waals surface area contributed by atoms with Crippen LogP contribution in [0, 0.1) is 0 Å². The average molecular weight is 237 g/mol. The Bertz CT molecular complexity index is 374. The fraction of sp³-hybridized carbons (Fsp3) is 0.583. The average Bonchev–Trinajstić information content (AvgIpc) is 2.33. The fourth-order valence-corrected chi connectivity index (χ4v) is 2.39. The Morgan fingerprint density at radius 2 is 2.18 bits per heavy atom. The van der Waals surface area contributed by atoms with Gasteiger partial charge in [-0.1, -0.05) is 0 Å². The van der Waals surface area contributed by atoms with Crippen molar-refractivity contribution >= 4 is 0 Å². The highest BCUT2D eigenvalue weighted by molar-refractivity contribution is 5.28. The lowest BCUT2D eigenvalue weighted by atomic mass is 9.72. The summed E-state index contributed by atoms with van der Waals surface area (Å²) in [5.41, 5.74) is 3.63. The summed E-state index contributed by atoms with van der Waals surface area (Å²) in [4.78, 5) is 4.15. The van der Waals surface area contributed by atoms with Crippen molar-refractivity contribution in [2.24, 2.45) is 5.84 Å². The third kappa shape index (κ3) is 2.13. The van der Waals surface area contributed by atoms with Gasteiger partial charge in [-0.15, -0.1) is 0 Å². The smallest absolute Gasteiger partial charge is 0.137 e. The van der Waals surface area contributed by atoms with Crippen LogP contribution in [0.15, 0.2) is 18.5 Å². The summed E-state index contributed by atoms with van der Waals surface area (Å²) in [7, 11) is 3.36. The quantitative estimate of drug-likeness (QED) is 0.594. The number of hydrogen-bond donors (Lipinski definition) is 2. The van der Waals surface area contributed by atoms with Crippen LogP contribution in [0.2, 0.25) is 0 Å². The molecule has 5 nitrogen and oxygen atoms in total. The van der Waals surface area contributed by atoms with Crippen LogP contribution in [-0.4, -0.2) is 24.8 Å². The van der Waals surface area contributed by atoms with E-state index in [0.29, 0.717) is 0 Å². The highest BCUT2D eigenvalue weighted by atomic mass is 16.5. The van der Waals surface area contributed by atoms with Crippen molar-refractivity contribution < 1.29 is 9.47 Å². The molecule has 1 aromatic rings. The topological polar surface area (TPSA) is 69.4 Å². The first kappa shape index (κ1) is 12.3. The van der Waals surface area contributed by atoms with E-state index < -0.39 is 0 Å². The summed E-state index contributed by atoms with van der Waals surface area (Å²) in [6.07, 6.45) is 6.66. The summed E-state index contributed by atoms with van der Waals surface area (Å²) in [5, 5.41) is 0. The summed E-state index contributed by atoms with van der Waals surface area (Å²) < 4.78 is 10.8. The van der Waals surface area contributed by atoms with E-state index in [1.54, 1.807) is 26.6 Å². The normalized spacial score (nSPS) is 19.5. The van der Waals surface area contributed by atoms with Crippen molar-refractivity contribution in [3.8, 4) is 5.75 Å². The molecule has 0 bridgehead atoms. The van der Waals surface area contributed by atoms with Crippen molar-refractivity contribution in [1.82, 2.24) is 10.4 Å². The Morgan fingerprint density at radius 1 is 1.41 bits per heavy atom. The molecule has 5 heteroatoms. The molecule has 0 amide bonds. The number of hydrogen-bond acceptors (Lipinski definition) is 5. The molecule has 17 heavy (non-hydrogen) atoms. The van der Waals surface area contributed by atoms with Crippen molar-refractivity contribution in [3.63, 3.8) is 0 Å². The first-order chi connectivity index (χ1) is 8.25. The molecule has 1 fully saturated rings. The van der Waals surface area contributed by atoms with Crippen LogP contribution >= 0.6 is 0 Å². The number of ether oxygens (including phenoxy) is 2. The van der Waals surface area contributed by atoms with Gasteiger partial charge in [0.05, 0.1) is 24.9 Å². The Hall–Kier alpha value is -1.17. The number of rotatable bonds is 5. The molecular weight excluding hydrogens is 218 g/mol. The highest BCUT2D eigenvalue weighted by Crippen LogP contribution is 2.44. The van der Waals surface area contributed by atoms with Crippen LogP contribution in [-0.2, 0) is 4.74 Å². The molecule has 1 aliphatic carbocycles. The maximum absolute atomic E-state index is 5.67. The predicted octanol–water partition coefficient (Wildman–Crippen LogP) is 1.16. The number of pyridine rings is 1. The summed E-state index contributed by atoms with van der Waals surface area (Å²) >= 11 is 0. The largest absolute Gasteiger partial charge is 0.495 e. The summed E-state index contributed by atoms with van der Waals surface area (Å²) in [5.74, 6) is 6.40. The molecule has 0 aliphatic heterocycles. The van der Waals surface area contributed by atoms with Crippen LogP contribution in [0.5, 0.6) is 5.75 Å². The van der Waals surface area contributed by atoms with Crippen LogP contribution in [0.4, 0.5) is 0 Å². The first-order valence-corrected chi connectivity index (χ1v) is 5.76. The Labute approximate surface area is 101 Å². The molecule has 0 spiro atoms. The van der Waals surface area contributed by atoms with E-state index in [1.807, 2.05) is 6.07 Å². The molecule has 1 atom stereocenters. The Kier molecular flexibility index (Phi) is 3.61. The van der Waals surface area contributed by atoms with Crippen molar-refractivity contribution in [1.29, 1.82) is 0 Å². The predicted molar refractivity (Wildman–Crippen MR) is 64.4 cm³/mol. The maximum atomic E-state index is 5.67. The highest BCUT2D eigenvalue weighted by Gasteiger charge is 2.45. The molecule has 1 heterocycles. The number of aromatic nitrogens is 1. The van der Waals surface area contributed by atoms with Gasteiger partial charge in [-0.25, -0.2) is 0 Å². The monoisotopic (exact) mass is 237 g/mol. The zero-order valence-electron chi connectivity index (χ0n) is 10.3. The van der Waals surface area contributed by atoms with Crippen LogP contribution in [0.3, 0.4) is 0 Å². The van der Waals surface area contributed by atoms with Crippen LogP contribution in [0.1, 0.15) is 30.9 Å². The zero-order chi connectivity index (χ0) is 12.3. The molecule has 0 aromatic carbocycles. The van der Waals surface area contributed by atoms with E-state index in [4.69, 9.17) is 15.3 Å². The van der Waals surface area contributed by atoms with Gasteiger partial charge in [0, 0.05) is 13.3 Å². The molecule has 1 aliphatic rings. The molecule has 1 aromatic heterocycles. The van der Waals surface area contributed by atoms with Crippen LogP contribution in [0.25, 0.3) is 0 Å². The second-order valence-electron chi connectivity index (χ2n) is 4.38. The second kappa shape index (κ2) is 5.00. The molecule has 3 N–H and O–H groups in total. The third-order valence-corrected chi connectivity index (χ3v) is 3.60. The van der Waals surface area contributed by atoms with E-state index in [-0.39, 0.29) is 11.6 Å². The van der Waals surface area contributed by atoms with E-state index in [9.17, 15) is 0 Å². The molecule has 94 valence electrons. The zero-order valence-corrected chi connectivity index (χ0v) is 10.3. The number of methoxy groups -OCH3 is 2. The minimum Gasteiger partial charge on any atom is -0.495 e. The van der Waals surface area contributed by atoms with E-state index in [1.165, 1.54) is 6.42 Å².